The van der Waals surface area contributed by atoms with Crippen LogP contribution >= 0.6 is 0 Å². The molecule has 0 aliphatic carbocycles. The maximum atomic E-state index is 12.3. The first kappa shape index (κ1) is 19.4. The molecule has 1 unspecified atom stereocenters. The first-order valence-electron chi connectivity index (χ1n) is 8.25. The van der Waals surface area contributed by atoms with Crippen molar-refractivity contribution in [1.82, 2.24) is 10.0 Å². The number of nitrogens with one attached hydrogen (secondary N) is 2. The highest BCUT2D eigenvalue weighted by Gasteiger charge is 2.20. The quantitative estimate of drug-likeness (QED) is 0.363. The van der Waals surface area contributed by atoms with Gasteiger partial charge in [0.15, 0.2) is 5.96 Å². The van der Waals surface area contributed by atoms with E-state index in [0.29, 0.717) is 32.2 Å². The van der Waals surface area contributed by atoms with E-state index in [2.05, 4.69) is 21.6 Å². The van der Waals surface area contributed by atoms with Crippen LogP contribution in [0.5, 0.6) is 0 Å². The Labute approximate surface area is 149 Å². The van der Waals surface area contributed by atoms with Gasteiger partial charge in [0, 0.05) is 19.7 Å². The lowest BCUT2D eigenvalue weighted by Gasteiger charge is -2.11. The molecule has 25 heavy (non-hydrogen) atoms. The molecule has 1 heterocycles. The average molecular weight is 366 g/mol. The van der Waals surface area contributed by atoms with Gasteiger partial charge in [0.1, 0.15) is 0 Å². The third-order valence-electron chi connectivity index (χ3n) is 3.76. The Balaban J connectivity index is 1.89. The number of benzene rings is 1. The van der Waals surface area contributed by atoms with Crippen LogP contribution in [0.4, 0.5) is 0 Å². The lowest BCUT2D eigenvalue weighted by atomic mass is 10.2. The molecule has 4 N–H and O–H groups in total. The first-order chi connectivity index (χ1) is 11.9. The van der Waals surface area contributed by atoms with Gasteiger partial charge in [-0.05, 0) is 37.5 Å². The maximum Gasteiger partial charge on any atom is 0.240 e. The van der Waals surface area contributed by atoms with Gasteiger partial charge in [-0.1, -0.05) is 24.3 Å². The Hall–Kier alpha value is -1.90. The summed E-state index contributed by atoms with van der Waals surface area (Å²) < 4.78 is 32.6. The van der Waals surface area contributed by atoms with Crippen molar-refractivity contribution in [2.45, 2.75) is 37.3 Å². The molecule has 0 saturated carbocycles. The molecule has 0 spiro atoms. The molecule has 1 aromatic carbocycles. The Kier molecular flexibility index (Phi) is 6.98. The minimum Gasteiger partial charge on any atom is -0.377 e. The Morgan fingerprint density at radius 1 is 1.40 bits per heavy atom. The highest BCUT2D eigenvalue weighted by atomic mass is 32.2. The predicted octanol–water partition coefficient (Wildman–Crippen LogP) is 1.12. The van der Waals surface area contributed by atoms with E-state index >= 15 is 0 Å². The number of hydrogen-bond donors (Lipinski definition) is 3. The summed E-state index contributed by atoms with van der Waals surface area (Å²) in [5, 5.41) is 2.94. The minimum atomic E-state index is -3.53. The van der Waals surface area contributed by atoms with Crippen LogP contribution in [0.1, 0.15) is 25.3 Å². The topological polar surface area (TPSA) is 106 Å². The molecule has 1 atom stereocenters. The summed E-state index contributed by atoms with van der Waals surface area (Å²) >= 11 is 0. The van der Waals surface area contributed by atoms with Crippen molar-refractivity contribution in [2.24, 2.45) is 10.7 Å². The lowest BCUT2D eigenvalue weighted by Crippen LogP contribution is -2.32. The van der Waals surface area contributed by atoms with Crippen LogP contribution in [0.2, 0.25) is 0 Å². The van der Waals surface area contributed by atoms with Crippen LogP contribution < -0.4 is 15.8 Å². The minimum absolute atomic E-state index is 0.0296. The summed E-state index contributed by atoms with van der Waals surface area (Å²) in [7, 11) is -3.53. The second-order valence-electron chi connectivity index (χ2n) is 6.14. The van der Waals surface area contributed by atoms with E-state index < -0.39 is 10.0 Å². The van der Waals surface area contributed by atoms with Crippen molar-refractivity contribution in [3.63, 3.8) is 0 Å². The van der Waals surface area contributed by atoms with Crippen molar-refractivity contribution in [3.05, 3.63) is 42.0 Å². The number of hydrogen-bond acceptors (Lipinski definition) is 4. The molecule has 7 nitrogen and oxygen atoms in total. The van der Waals surface area contributed by atoms with Gasteiger partial charge in [0.25, 0.3) is 0 Å². The second kappa shape index (κ2) is 8.98. The molecule has 1 fully saturated rings. The zero-order chi connectivity index (χ0) is 18.3. The fraction of sp³-hybridized carbons (Fsp3) is 0.471. The molecule has 1 aromatic rings. The number of ether oxygens (including phenoxy) is 1. The average Bonchev–Trinajstić information content (AvgIpc) is 3.10. The molecule has 2 rings (SSSR count). The van der Waals surface area contributed by atoms with Crippen LogP contribution in [0.3, 0.4) is 0 Å². The van der Waals surface area contributed by atoms with Gasteiger partial charge >= 0.3 is 0 Å². The number of nitrogens with two attached hydrogens (primary N) is 1. The van der Waals surface area contributed by atoms with Gasteiger partial charge in [-0.25, -0.2) is 18.1 Å². The molecule has 0 bridgehead atoms. The summed E-state index contributed by atoms with van der Waals surface area (Å²) in [6.45, 7) is 7.62. The van der Waals surface area contributed by atoms with E-state index in [-0.39, 0.29) is 11.0 Å². The fourth-order valence-electron chi connectivity index (χ4n) is 2.34. The van der Waals surface area contributed by atoms with Gasteiger partial charge in [-0.15, -0.1) is 0 Å². The standard InChI is InChI=1S/C17H26N4O3S/c1-13(2)10-19-17(18)20-11-14-5-7-16(8-6-14)25(22,23)21-12-15-4-3-9-24-15/h5-8,15,21H,1,3-4,9-12H2,2H3,(H3,18,19,20). The Morgan fingerprint density at radius 2 is 2.12 bits per heavy atom. The largest absolute Gasteiger partial charge is 0.377 e. The molecule has 1 aliphatic rings. The van der Waals surface area contributed by atoms with Gasteiger partial charge in [0.2, 0.25) is 10.0 Å². The summed E-state index contributed by atoms with van der Waals surface area (Å²) in [5.74, 6) is 0.331. The van der Waals surface area contributed by atoms with Crippen molar-refractivity contribution in [2.75, 3.05) is 19.7 Å². The van der Waals surface area contributed by atoms with Crippen LogP contribution in [0.15, 0.2) is 46.3 Å². The van der Waals surface area contributed by atoms with Gasteiger partial charge in [-0.2, -0.15) is 0 Å². The monoisotopic (exact) mass is 366 g/mol. The van der Waals surface area contributed by atoms with Crippen LogP contribution in [-0.2, 0) is 21.3 Å². The number of rotatable bonds is 8. The number of nitrogens with zero attached hydrogens (tertiary/aromatic N) is 1. The predicted molar refractivity (Wildman–Crippen MR) is 98.7 cm³/mol. The van der Waals surface area contributed by atoms with Crippen LogP contribution in [0, 0.1) is 0 Å². The third kappa shape index (κ3) is 6.49. The number of guanidine groups is 1. The Morgan fingerprint density at radius 3 is 2.72 bits per heavy atom. The molecule has 0 amide bonds. The van der Waals surface area contributed by atoms with Gasteiger partial charge in [0.05, 0.1) is 17.5 Å². The summed E-state index contributed by atoms with van der Waals surface area (Å²) in [6, 6.07) is 6.60. The highest BCUT2D eigenvalue weighted by Crippen LogP contribution is 2.14. The molecule has 8 heteroatoms. The van der Waals surface area contributed by atoms with E-state index in [9.17, 15) is 8.42 Å². The smallest absolute Gasteiger partial charge is 0.240 e. The third-order valence-corrected chi connectivity index (χ3v) is 5.20. The molecular formula is C17H26N4O3S. The molecule has 1 aliphatic heterocycles. The normalized spacial score (nSPS) is 18.3. The van der Waals surface area contributed by atoms with Crippen molar-refractivity contribution < 1.29 is 13.2 Å². The molecular weight excluding hydrogens is 340 g/mol. The fourth-order valence-corrected chi connectivity index (χ4v) is 3.41. The molecule has 0 radical (unpaired) electrons. The lowest BCUT2D eigenvalue weighted by molar-refractivity contribution is 0.114. The van der Waals surface area contributed by atoms with E-state index in [0.717, 1.165) is 24.0 Å². The van der Waals surface area contributed by atoms with Crippen LogP contribution in [0.25, 0.3) is 0 Å². The number of aliphatic imine (C=N–C) groups is 1. The summed E-state index contributed by atoms with van der Waals surface area (Å²) in [4.78, 5) is 4.44. The zero-order valence-corrected chi connectivity index (χ0v) is 15.3. The van der Waals surface area contributed by atoms with Crippen molar-refractivity contribution in [3.8, 4) is 0 Å². The molecule has 1 saturated heterocycles. The first-order valence-corrected chi connectivity index (χ1v) is 9.73. The van der Waals surface area contributed by atoms with Gasteiger partial charge < -0.3 is 15.8 Å². The van der Waals surface area contributed by atoms with E-state index in [1.807, 2.05) is 6.92 Å². The molecule has 0 aromatic heterocycles. The van der Waals surface area contributed by atoms with E-state index in [1.165, 1.54) is 0 Å². The van der Waals surface area contributed by atoms with Crippen molar-refractivity contribution in [1.29, 1.82) is 0 Å². The van der Waals surface area contributed by atoms with Gasteiger partial charge in [-0.3, -0.25) is 0 Å². The van der Waals surface area contributed by atoms with Crippen molar-refractivity contribution >= 4 is 16.0 Å². The summed E-state index contributed by atoms with van der Waals surface area (Å²) in [6.07, 6.45) is 1.84. The van der Waals surface area contributed by atoms with E-state index in [1.54, 1.807) is 24.3 Å². The highest BCUT2D eigenvalue weighted by molar-refractivity contribution is 7.89. The SMILES string of the molecule is C=C(C)CNC(N)=NCc1ccc(S(=O)(=O)NCC2CCCO2)cc1. The second-order valence-corrected chi connectivity index (χ2v) is 7.91. The Bertz CT molecular complexity index is 708. The zero-order valence-electron chi connectivity index (χ0n) is 14.5. The summed E-state index contributed by atoms with van der Waals surface area (Å²) in [5.41, 5.74) is 7.58. The number of sulfonamides is 1. The maximum absolute atomic E-state index is 12.3. The van der Waals surface area contributed by atoms with E-state index in [4.69, 9.17) is 10.5 Å². The molecule has 138 valence electrons. The van der Waals surface area contributed by atoms with Crippen LogP contribution in [-0.4, -0.2) is 40.2 Å².